The predicted molar refractivity (Wildman–Crippen MR) is 49.2 cm³/mol. The molecule has 2 nitrogen and oxygen atoms in total. The largest absolute Gasteiger partial charge is 0.478 e. The van der Waals surface area contributed by atoms with Crippen LogP contribution in [0.5, 0.6) is 0 Å². The van der Waals surface area contributed by atoms with Crippen LogP contribution in [0.4, 0.5) is 13.2 Å². The van der Waals surface area contributed by atoms with Gasteiger partial charge in [-0.15, -0.1) is 5.73 Å². The molecule has 0 saturated carbocycles. The monoisotopic (exact) mass is 218 g/mol. The number of carboxylic acid groups (broad SMARTS) is 1. The van der Waals surface area contributed by atoms with Crippen molar-refractivity contribution in [3.8, 4) is 0 Å². The van der Waals surface area contributed by atoms with Crippen LogP contribution in [0.3, 0.4) is 0 Å². The fourth-order valence-electron chi connectivity index (χ4n) is 0.645. The molecule has 0 aromatic carbocycles. The minimum absolute atomic E-state index is 0.471. The van der Waals surface area contributed by atoms with Gasteiger partial charge in [0.25, 0.3) is 0 Å². The second-order valence-electron chi connectivity index (χ2n) is 2.62. The topological polar surface area (TPSA) is 37.3 Å². The van der Waals surface area contributed by atoms with Crippen LogP contribution in [-0.2, 0) is 4.79 Å². The molecule has 0 bridgehead atoms. The zero-order valence-corrected chi connectivity index (χ0v) is 7.93. The summed E-state index contributed by atoms with van der Waals surface area (Å²) in [6.45, 7) is 3.96. The van der Waals surface area contributed by atoms with E-state index in [1.54, 1.807) is 0 Å². The summed E-state index contributed by atoms with van der Waals surface area (Å²) in [5.74, 6) is -1.44. The van der Waals surface area contributed by atoms with E-state index in [4.69, 9.17) is 5.11 Å². The molecule has 0 saturated heterocycles. The molecule has 0 spiro atoms. The smallest absolute Gasteiger partial charge is 0.412 e. The Morgan fingerprint density at radius 2 is 2.00 bits per heavy atom. The third kappa shape index (κ3) is 4.88. The van der Waals surface area contributed by atoms with E-state index in [9.17, 15) is 18.0 Å². The number of rotatable bonds is 3. The van der Waals surface area contributed by atoms with E-state index in [-0.39, 0.29) is 0 Å². The first kappa shape index (κ1) is 13.3. The third-order valence-electron chi connectivity index (χ3n) is 1.45. The van der Waals surface area contributed by atoms with Gasteiger partial charge in [-0.2, -0.15) is 13.2 Å². The van der Waals surface area contributed by atoms with E-state index in [1.807, 2.05) is 0 Å². The highest BCUT2D eigenvalue weighted by molar-refractivity contribution is 5.90. The quantitative estimate of drug-likeness (QED) is 0.449. The van der Waals surface area contributed by atoms with E-state index in [1.165, 1.54) is 0 Å². The molecule has 82 valence electrons. The highest BCUT2D eigenvalue weighted by atomic mass is 19.4. The lowest BCUT2D eigenvalue weighted by molar-refractivity contribution is -0.132. The summed E-state index contributed by atoms with van der Waals surface area (Å²) in [4.78, 5) is 10.5. The SMILES string of the molecule is C=C=C/C=C(\C=C(/C)C(F)(F)F)C(=O)O. The highest BCUT2D eigenvalue weighted by Gasteiger charge is 2.30. The molecule has 5 heteroatoms. The molecule has 15 heavy (non-hydrogen) atoms. The Kier molecular flexibility index (Phi) is 4.61. The van der Waals surface area contributed by atoms with Gasteiger partial charge in [-0.1, -0.05) is 6.58 Å². The lowest BCUT2D eigenvalue weighted by atomic mass is 10.1. The number of carboxylic acids is 1. The van der Waals surface area contributed by atoms with Crippen molar-refractivity contribution in [3.05, 3.63) is 41.7 Å². The number of carbonyl (C=O) groups is 1. The molecule has 0 aliphatic heterocycles. The van der Waals surface area contributed by atoms with Crippen molar-refractivity contribution in [1.29, 1.82) is 0 Å². The summed E-state index contributed by atoms with van der Waals surface area (Å²) in [7, 11) is 0. The molecule has 1 N–H and O–H groups in total. The van der Waals surface area contributed by atoms with E-state index in [2.05, 4.69) is 12.3 Å². The standard InChI is InChI=1S/C10H9F3O2/c1-3-4-5-8(9(14)15)6-7(2)10(11,12)13/h4-6H,1H2,2H3,(H,14,15)/b7-6+,8-5+. The van der Waals surface area contributed by atoms with Crippen molar-refractivity contribution in [2.75, 3.05) is 0 Å². The van der Waals surface area contributed by atoms with Gasteiger partial charge in [0.15, 0.2) is 0 Å². The normalized spacial score (nSPS) is 13.3. The molecule has 0 aromatic rings. The van der Waals surface area contributed by atoms with Crippen molar-refractivity contribution in [1.82, 2.24) is 0 Å². The zero-order valence-electron chi connectivity index (χ0n) is 7.93. The predicted octanol–water partition coefficient (Wildman–Crippen LogP) is 2.85. The average molecular weight is 218 g/mol. The van der Waals surface area contributed by atoms with Gasteiger partial charge in [0, 0.05) is 5.57 Å². The van der Waals surface area contributed by atoms with Crippen LogP contribution in [0.2, 0.25) is 0 Å². The summed E-state index contributed by atoms with van der Waals surface area (Å²) in [5.41, 5.74) is 0.790. The fraction of sp³-hybridized carbons (Fsp3) is 0.200. The van der Waals surface area contributed by atoms with Crippen molar-refractivity contribution in [2.24, 2.45) is 0 Å². The van der Waals surface area contributed by atoms with Crippen molar-refractivity contribution < 1.29 is 23.1 Å². The Morgan fingerprint density at radius 1 is 1.47 bits per heavy atom. The maximum absolute atomic E-state index is 12.1. The van der Waals surface area contributed by atoms with Gasteiger partial charge in [-0.3, -0.25) is 0 Å². The van der Waals surface area contributed by atoms with Crippen LogP contribution in [0.25, 0.3) is 0 Å². The first-order chi connectivity index (χ1) is 6.79. The maximum atomic E-state index is 12.1. The molecule has 0 aliphatic rings. The van der Waals surface area contributed by atoms with E-state index in [0.717, 1.165) is 19.1 Å². The van der Waals surface area contributed by atoms with Gasteiger partial charge in [-0.25, -0.2) is 4.79 Å². The highest BCUT2D eigenvalue weighted by Crippen LogP contribution is 2.25. The molecule has 0 amide bonds. The van der Waals surface area contributed by atoms with Gasteiger partial charge in [0.2, 0.25) is 0 Å². The molecular formula is C10H9F3O2. The van der Waals surface area contributed by atoms with Gasteiger partial charge in [0.05, 0.1) is 5.57 Å². The first-order valence-corrected chi connectivity index (χ1v) is 3.84. The number of hydrogen-bond donors (Lipinski definition) is 1. The van der Waals surface area contributed by atoms with Crippen molar-refractivity contribution in [2.45, 2.75) is 13.1 Å². The zero-order chi connectivity index (χ0) is 12.1. The molecule has 0 rings (SSSR count). The van der Waals surface area contributed by atoms with Gasteiger partial charge >= 0.3 is 12.1 Å². The molecule has 0 radical (unpaired) electrons. The van der Waals surface area contributed by atoms with Gasteiger partial charge in [-0.05, 0) is 25.2 Å². The maximum Gasteiger partial charge on any atom is 0.412 e. The fourth-order valence-corrected chi connectivity index (χ4v) is 0.645. The number of alkyl halides is 3. The number of aliphatic carboxylic acids is 1. The summed E-state index contributed by atoms with van der Waals surface area (Å²) in [6, 6.07) is 0. The summed E-state index contributed by atoms with van der Waals surface area (Å²) < 4.78 is 36.2. The molecule has 0 atom stereocenters. The molecule has 0 fully saturated rings. The van der Waals surface area contributed by atoms with Crippen LogP contribution >= 0.6 is 0 Å². The van der Waals surface area contributed by atoms with E-state index in [0.29, 0.717) is 6.08 Å². The Bertz CT molecular complexity index is 355. The minimum Gasteiger partial charge on any atom is -0.478 e. The number of allylic oxidation sites excluding steroid dienone is 3. The van der Waals surface area contributed by atoms with Gasteiger partial charge < -0.3 is 5.11 Å². The second-order valence-corrected chi connectivity index (χ2v) is 2.62. The Morgan fingerprint density at radius 3 is 2.33 bits per heavy atom. The summed E-state index contributed by atoms with van der Waals surface area (Å²) >= 11 is 0. The Balaban J connectivity index is 5.16. The number of halogens is 3. The first-order valence-electron chi connectivity index (χ1n) is 3.84. The van der Waals surface area contributed by atoms with Crippen LogP contribution < -0.4 is 0 Å². The van der Waals surface area contributed by atoms with Crippen LogP contribution in [0.15, 0.2) is 41.7 Å². The van der Waals surface area contributed by atoms with Crippen molar-refractivity contribution >= 4 is 5.97 Å². The second kappa shape index (κ2) is 5.22. The van der Waals surface area contributed by atoms with Crippen LogP contribution in [0.1, 0.15) is 6.92 Å². The van der Waals surface area contributed by atoms with Gasteiger partial charge in [0.1, 0.15) is 0 Å². The van der Waals surface area contributed by atoms with Crippen LogP contribution in [-0.4, -0.2) is 17.3 Å². The Hall–Kier alpha value is -1.74. The molecule has 0 heterocycles. The van der Waals surface area contributed by atoms with Crippen LogP contribution in [0, 0.1) is 0 Å². The lowest BCUT2D eigenvalue weighted by Crippen LogP contribution is -2.10. The van der Waals surface area contributed by atoms with E-state index < -0.39 is 23.3 Å². The minimum atomic E-state index is -4.52. The molecular weight excluding hydrogens is 209 g/mol. The summed E-state index contributed by atoms with van der Waals surface area (Å²) in [5, 5.41) is 8.57. The molecule has 0 aromatic heterocycles. The number of hydrogen-bond acceptors (Lipinski definition) is 1. The third-order valence-corrected chi connectivity index (χ3v) is 1.45. The Labute approximate surface area is 84.7 Å². The summed E-state index contributed by atoms with van der Waals surface area (Å²) in [6.07, 6.45) is -1.85. The molecule has 0 aliphatic carbocycles. The lowest BCUT2D eigenvalue weighted by Gasteiger charge is -2.05. The van der Waals surface area contributed by atoms with Crippen molar-refractivity contribution in [3.63, 3.8) is 0 Å². The molecule has 0 unspecified atom stereocenters. The van der Waals surface area contributed by atoms with E-state index >= 15 is 0 Å². The average Bonchev–Trinajstić information content (AvgIpc) is 2.09.